The lowest BCUT2D eigenvalue weighted by Gasteiger charge is -2.21. The van der Waals surface area contributed by atoms with Gasteiger partial charge in [-0.15, -0.1) is 0 Å². The molecule has 0 aliphatic rings. The number of aliphatic carboxylic acids is 1. The van der Waals surface area contributed by atoms with Crippen molar-refractivity contribution in [2.24, 2.45) is 0 Å². The lowest BCUT2D eigenvalue weighted by Crippen LogP contribution is -2.37. The zero-order valence-corrected chi connectivity index (χ0v) is 14.3. The molecule has 0 radical (unpaired) electrons. The predicted octanol–water partition coefficient (Wildman–Crippen LogP) is 3.55. The van der Waals surface area contributed by atoms with Crippen molar-refractivity contribution in [2.45, 2.75) is 25.9 Å². The molecule has 0 heterocycles. The molecule has 1 amide bonds. The monoisotopic (exact) mass is 367 g/mol. The average molecular weight is 368 g/mol. The van der Waals surface area contributed by atoms with Gasteiger partial charge < -0.3 is 15.2 Å². The Bertz CT molecular complexity index is 998. The van der Waals surface area contributed by atoms with Gasteiger partial charge in [0.05, 0.1) is 5.48 Å². The highest BCUT2D eigenvalue weighted by molar-refractivity contribution is 6.30. The number of amides is 1. The zero-order valence-electron chi connectivity index (χ0n) is 19.6. The highest BCUT2D eigenvalue weighted by Gasteiger charge is 2.29. The standard InChI is InChI=1S/C19H20ClNO4/c1-19(2,18(23)24)25-16-9-3-13(4-10-16)11-12-21-17(22)14-5-7-15(20)8-6-14/h3-10H,11-12H2,1-2H3,(H,21,22)(H,23,24)/i5D,6D,7D,8D,12D2. The van der Waals surface area contributed by atoms with Gasteiger partial charge in [0.2, 0.25) is 0 Å². The van der Waals surface area contributed by atoms with Crippen LogP contribution in [0.5, 0.6) is 5.75 Å². The van der Waals surface area contributed by atoms with Crippen LogP contribution < -0.4 is 10.1 Å². The Morgan fingerprint density at radius 3 is 2.40 bits per heavy atom. The van der Waals surface area contributed by atoms with Crippen LogP contribution in [0.3, 0.4) is 0 Å². The number of hydrogen-bond donors (Lipinski definition) is 2. The predicted molar refractivity (Wildman–Crippen MR) is 96.3 cm³/mol. The zero-order chi connectivity index (χ0) is 23.7. The number of halogens is 1. The molecule has 6 heteroatoms. The van der Waals surface area contributed by atoms with E-state index in [-0.39, 0.29) is 12.2 Å². The summed E-state index contributed by atoms with van der Waals surface area (Å²) in [6.45, 7) is 0.488. The van der Waals surface area contributed by atoms with Crippen LogP contribution in [0.2, 0.25) is 5.02 Å². The van der Waals surface area contributed by atoms with Crippen molar-refractivity contribution < 1.29 is 27.7 Å². The van der Waals surface area contributed by atoms with Crippen molar-refractivity contribution in [3.05, 3.63) is 64.6 Å². The van der Waals surface area contributed by atoms with Gasteiger partial charge in [0.15, 0.2) is 5.60 Å². The maximum absolute atomic E-state index is 12.5. The number of hydrogen-bond acceptors (Lipinski definition) is 3. The molecule has 0 saturated heterocycles. The highest BCUT2D eigenvalue weighted by Crippen LogP contribution is 2.19. The van der Waals surface area contributed by atoms with Crippen LogP contribution >= 0.6 is 11.6 Å². The van der Waals surface area contributed by atoms with Crippen LogP contribution in [-0.2, 0) is 11.2 Å². The Labute approximate surface area is 160 Å². The third-order valence-corrected chi connectivity index (χ3v) is 3.32. The van der Waals surface area contributed by atoms with Gasteiger partial charge in [-0.2, -0.15) is 0 Å². The smallest absolute Gasteiger partial charge is 0.347 e. The van der Waals surface area contributed by atoms with E-state index in [0.29, 0.717) is 5.56 Å². The van der Waals surface area contributed by atoms with Crippen LogP contribution in [-0.4, -0.2) is 29.1 Å². The van der Waals surface area contributed by atoms with Crippen molar-refractivity contribution in [3.8, 4) is 5.75 Å². The maximum Gasteiger partial charge on any atom is 0.347 e. The van der Waals surface area contributed by atoms with Crippen LogP contribution in [0.1, 0.15) is 38.0 Å². The van der Waals surface area contributed by atoms with Crippen molar-refractivity contribution in [1.82, 2.24) is 5.32 Å². The minimum atomic E-state index is -2.29. The minimum absolute atomic E-state index is 0.269. The Morgan fingerprint density at radius 1 is 1.24 bits per heavy atom. The van der Waals surface area contributed by atoms with E-state index in [1.165, 1.54) is 38.1 Å². The number of carboxylic acid groups (broad SMARTS) is 1. The summed E-state index contributed by atoms with van der Waals surface area (Å²) in [7, 11) is 0. The molecule has 0 aromatic heterocycles. The number of aryl methyl sites for hydroxylation is 1. The topological polar surface area (TPSA) is 75.6 Å². The molecule has 2 N–H and O–H groups in total. The Balaban J connectivity index is 2.17. The van der Waals surface area contributed by atoms with E-state index in [0.717, 1.165) is 0 Å². The minimum Gasteiger partial charge on any atom is -0.478 e. The molecule has 0 bridgehead atoms. The van der Waals surface area contributed by atoms with Gasteiger partial charge >= 0.3 is 5.97 Å². The van der Waals surface area contributed by atoms with Gasteiger partial charge in [-0.3, -0.25) is 4.79 Å². The molecule has 25 heavy (non-hydrogen) atoms. The number of rotatable bonds is 7. The average Bonchev–Trinajstić information content (AvgIpc) is 2.65. The Hall–Kier alpha value is -2.53. The first kappa shape index (κ1) is 11.9. The first-order valence-electron chi connectivity index (χ1n) is 10.3. The van der Waals surface area contributed by atoms with Crippen molar-refractivity contribution in [3.63, 3.8) is 0 Å². The van der Waals surface area contributed by atoms with E-state index < -0.39 is 58.7 Å². The van der Waals surface area contributed by atoms with E-state index >= 15 is 0 Å². The molecule has 0 spiro atoms. The lowest BCUT2D eigenvalue weighted by atomic mass is 10.1. The third kappa shape index (κ3) is 5.50. The quantitative estimate of drug-likeness (QED) is 0.784. The summed E-state index contributed by atoms with van der Waals surface area (Å²) in [4.78, 5) is 23.6. The molecule has 0 fully saturated rings. The summed E-state index contributed by atoms with van der Waals surface area (Å²) in [6.07, 6.45) is -0.281. The summed E-state index contributed by atoms with van der Waals surface area (Å²) < 4.78 is 52.6. The fourth-order valence-electron chi connectivity index (χ4n) is 1.71. The maximum atomic E-state index is 12.5. The second-order valence-corrected chi connectivity index (χ2v) is 5.94. The van der Waals surface area contributed by atoms with E-state index in [1.54, 1.807) is 0 Å². The summed E-state index contributed by atoms with van der Waals surface area (Å²) >= 11 is 5.71. The number of nitrogens with one attached hydrogen (secondary N) is 1. The molecule has 5 nitrogen and oxygen atoms in total. The SMILES string of the molecule is [2H]c1c([2H])c(C(=O)NC([2H])([2H])Cc2ccc(OC(C)(C)C(=O)O)cc2)c([2H])c([2H])c1Cl. The number of carbonyl (C=O) groups is 2. The van der Waals surface area contributed by atoms with Crippen molar-refractivity contribution in [2.75, 3.05) is 6.50 Å². The number of benzene rings is 2. The van der Waals surface area contributed by atoms with Crippen LogP contribution in [0, 0.1) is 0 Å². The molecule has 2 aromatic rings. The molecule has 2 rings (SSSR count). The molecule has 2 aromatic carbocycles. The Kier molecular flexibility index (Phi) is 3.83. The molecule has 0 unspecified atom stereocenters. The fraction of sp³-hybridized carbons (Fsp3) is 0.263. The van der Waals surface area contributed by atoms with Crippen LogP contribution in [0.4, 0.5) is 0 Å². The van der Waals surface area contributed by atoms with Gasteiger partial charge in [-0.05, 0) is 62.1 Å². The molecule has 132 valence electrons. The number of ether oxygens (including phenoxy) is 1. The summed E-state index contributed by atoms with van der Waals surface area (Å²) in [5, 5.41) is 10.8. The molecule has 0 atom stereocenters. The second-order valence-electron chi connectivity index (χ2n) is 5.56. The van der Waals surface area contributed by atoms with E-state index in [4.69, 9.17) is 29.7 Å². The van der Waals surface area contributed by atoms with Gasteiger partial charge in [-0.1, -0.05) is 23.7 Å². The van der Waals surface area contributed by atoms with Gasteiger partial charge in [0, 0.05) is 19.8 Å². The van der Waals surface area contributed by atoms with Gasteiger partial charge in [0.25, 0.3) is 5.91 Å². The molecule has 0 aliphatic carbocycles. The van der Waals surface area contributed by atoms with E-state index in [9.17, 15) is 9.59 Å². The number of carboxylic acids is 1. The highest BCUT2D eigenvalue weighted by atomic mass is 35.5. The van der Waals surface area contributed by atoms with Crippen LogP contribution in [0.15, 0.2) is 48.4 Å². The third-order valence-electron chi connectivity index (χ3n) is 3.13. The van der Waals surface area contributed by atoms with Crippen LogP contribution in [0.25, 0.3) is 0 Å². The van der Waals surface area contributed by atoms with E-state index in [1.807, 2.05) is 0 Å². The fourth-order valence-corrected chi connectivity index (χ4v) is 1.81. The van der Waals surface area contributed by atoms with Gasteiger partial charge in [-0.25, -0.2) is 4.79 Å². The molecule has 0 aliphatic heterocycles. The lowest BCUT2D eigenvalue weighted by molar-refractivity contribution is -0.152. The van der Waals surface area contributed by atoms with Crippen molar-refractivity contribution in [1.29, 1.82) is 0 Å². The second kappa shape index (κ2) is 8.03. The summed E-state index contributed by atoms with van der Waals surface area (Å²) in [6, 6.07) is 3.45. The van der Waals surface area contributed by atoms with Gasteiger partial charge in [0.1, 0.15) is 5.75 Å². The van der Waals surface area contributed by atoms with E-state index in [2.05, 4.69) is 5.32 Å². The Morgan fingerprint density at radius 2 is 1.84 bits per heavy atom. The normalized spacial score (nSPS) is 15.0. The van der Waals surface area contributed by atoms with Crippen molar-refractivity contribution >= 4 is 23.5 Å². The molecular formula is C19H20ClNO4. The first-order valence-corrected chi connectivity index (χ1v) is 7.64. The number of carbonyl (C=O) groups excluding carboxylic acids is 1. The first-order chi connectivity index (χ1) is 14.2. The summed E-state index contributed by atoms with van der Waals surface area (Å²) in [5.41, 5.74) is -1.60. The summed E-state index contributed by atoms with van der Waals surface area (Å²) in [5.74, 6) is -1.99. The largest absolute Gasteiger partial charge is 0.478 e. The molecular weight excluding hydrogens is 342 g/mol. The molecule has 0 saturated carbocycles.